The number of hydrogen-bond acceptors (Lipinski definition) is 2. The van der Waals surface area contributed by atoms with Crippen LogP contribution >= 0.6 is 0 Å². The number of unbranched alkanes of at least 4 members (excludes halogenated alkanes) is 2. The van der Waals surface area contributed by atoms with Crippen LogP contribution in [-0.4, -0.2) is 36.9 Å². The SMILES string of the molecule is CCCCC[O][Sn](=[O])[C](F)(F)CCC(F)(F)F. The average molecular weight is 369 g/mol. The van der Waals surface area contributed by atoms with Gasteiger partial charge in [-0.25, -0.2) is 0 Å². The molecule has 2 nitrogen and oxygen atoms in total. The summed E-state index contributed by atoms with van der Waals surface area (Å²) in [7, 11) is 0. The standard InChI is InChI=1S/C5H11O.C4H4F5.O.Sn/c1-2-3-4-5-6;5-3(6)1-2-4(7,8)9;;/h2-5H2,1H3;1-2H2;;/q-1;;;+1. The van der Waals surface area contributed by atoms with Gasteiger partial charge in [-0.2, -0.15) is 0 Å². The summed E-state index contributed by atoms with van der Waals surface area (Å²) in [6.07, 6.45) is -5.63. The van der Waals surface area contributed by atoms with Crippen LogP contribution in [0.3, 0.4) is 0 Å². The molecule has 0 aliphatic carbocycles. The van der Waals surface area contributed by atoms with E-state index in [1.54, 1.807) is 0 Å². The van der Waals surface area contributed by atoms with Gasteiger partial charge in [0.2, 0.25) is 0 Å². The first-order valence-electron chi connectivity index (χ1n) is 5.31. The summed E-state index contributed by atoms with van der Waals surface area (Å²) in [6.45, 7) is 1.84. The molecule has 0 aromatic heterocycles. The summed E-state index contributed by atoms with van der Waals surface area (Å²) < 4.78 is 73.1. The second-order valence-corrected chi connectivity index (χ2v) is 8.22. The monoisotopic (exact) mass is 370 g/mol. The normalized spacial score (nSPS) is 12.8. The summed E-state index contributed by atoms with van der Waals surface area (Å²) in [5.74, 6) is 0. The van der Waals surface area contributed by atoms with E-state index in [9.17, 15) is 25.0 Å². The Kier molecular flexibility index (Phi) is 7.69. The Labute approximate surface area is 104 Å². The van der Waals surface area contributed by atoms with E-state index in [0.717, 1.165) is 12.8 Å². The molecular weight excluding hydrogens is 354 g/mol. The van der Waals surface area contributed by atoms with Crippen molar-refractivity contribution in [3.63, 3.8) is 0 Å². The van der Waals surface area contributed by atoms with Gasteiger partial charge < -0.3 is 0 Å². The van der Waals surface area contributed by atoms with E-state index in [2.05, 4.69) is 3.07 Å². The van der Waals surface area contributed by atoms with Crippen LogP contribution in [0.25, 0.3) is 0 Å². The van der Waals surface area contributed by atoms with Gasteiger partial charge in [0.25, 0.3) is 0 Å². The molecule has 17 heavy (non-hydrogen) atoms. The molecule has 0 aliphatic heterocycles. The number of hydrogen-bond donors (Lipinski definition) is 0. The van der Waals surface area contributed by atoms with E-state index < -0.39 is 43.1 Å². The maximum atomic E-state index is 13.0. The molecule has 0 saturated carbocycles. The second-order valence-electron chi connectivity index (χ2n) is 3.66. The molecule has 0 aromatic carbocycles. The molecule has 0 aromatic rings. The van der Waals surface area contributed by atoms with Crippen molar-refractivity contribution >= 4 is 20.2 Å². The van der Waals surface area contributed by atoms with Gasteiger partial charge in [0, 0.05) is 0 Å². The summed E-state index contributed by atoms with van der Waals surface area (Å²) in [5, 5.41) is 0. The Morgan fingerprint density at radius 2 is 1.65 bits per heavy atom. The number of alkyl halides is 5. The quantitative estimate of drug-likeness (QED) is 0.371. The van der Waals surface area contributed by atoms with Crippen molar-refractivity contribution in [3.05, 3.63) is 0 Å². The Hall–Kier alpha value is 0.209. The number of rotatable bonds is 8. The van der Waals surface area contributed by atoms with Crippen LogP contribution in [0.2, 0.25) is 0 Å². The van der Waals surface area contributed by atoms with E-state index in [0.29, 0.717) is 6.42 Å². The predicted octanol–water partition coefficient (Wildman–Crippen LogP) is 3.63. The van der Waals surface area contributed by atoms with Gasteiger partial charge >= 0.3 is 104 Å². The summed E-state index contributed by atoms with van der Waals surface area (Å²) >= 11 is -4.71. The Morgan fingerprint density at radius 1 is 1.06 bits per heavy atom. The molecule has 0 radical (unpaired) electrons. The fourth-order valence-electron chi connectivity index (χ4n) is 1.02. The predicted molar refractivity (Wildman–Crippen MR) is 52.2 cm³/mol. The van der Waals surface area contributed by atoms with Crippen LogP contribution in [-0.2, 0) is 6.15 Å². The molecule has 0 atom stereocenters. The molecule has 102 valence electrons. The first-order chi connectivity index (χ1) is 7.69. The van der Waals surface area contributed by atoms with Gasteiger partial charge in [-0.3, -0.25) is 0 Å². The van der Waals surface area contributed by atoms with Gasteiger partial charge in [-0.15, -0.1) is 0 Å². The maximum absolute atomic E-state index is 13.0. The van der Waals surface area contributed by atoms with E-state index in [1.807, 2.05) is 6.92 Å². The van der Waals surface area contributed by atoms with Crippen LogP contribution in [0.4, 0.5) is 22.0 Å². The van der Waals surface area contributed by atoms with Gasteiger partial charge in [-0.1, -0.05) is 0 Å². The van der Waals surface area contributed by atoms with Crippen molar-refractivity contribution in [2.75, 3.05) is 6.61 Å². The first-order valence-corrected chi connectivity index (χ1v) is 9.06. The molecule has 0 rings (SSSR count). The molecule has 0 amide bonds. The van der Waals surface area contributed by atoms with Gasteiger partial charge in [0.05, 0.1) is 0 Å². The Morgan fingerprint density at radius 3 is 2.12 bits per heavy atom. The van der Waals surface area contributed by atoms with Crippen LogP contribution in [0, 0.1) is 0 Å². The second kappa shape index (κ2) is 7.60. The van der Waals surface area contributed by atoms with E-state index in [1.165, 1.54) is 0 Å². The molecule has 0 saturated heterocycles. The minimum atomic E-state index is -4.71. The third kappa shape index (κ3) is 8.87. The molecule has 0 N–H and O–H groups in total. The molecule has 0 unspecified atom stereocenters. The third-order valence-electron chi connectivity index (χ3n) is 2.00. The summed E-state index contributed by atoms with van der Waals surface area (Å²) in [4.78, 5) is 0. The zero-order chi connectivity index (χ0) is 13.5. The van der Waals surface area contributed by atoms with E-state index in [4.69, 9.17) is 0 Å². The van der Waals surface area contributed by atoms with Gasteiger partial charge in [-0.05, 0) is 0 Å². The zero-order valence-electron chi connectivity index (χ0n) is 9.45. The van der Waals surface area contributed by atoms with Crippen LogP contribution in [0.5, 0.6) is 0 Å². The first kappa shape index (κ1) is 17.2. The third-order valence-corrected chi connectivity index (χ3v) is 5.75. The molecule has 0 heterocycles. The molecule has 0 fully saturated rings. The van der Waals surface area contributed by atoms with Crippen LogP contribution in [0.15, 0.2) is 0 Å². The minimum absolute atomic E-state index is 0.0618. The van der Waals surface area contributed by atoms with Crippen molar-refractivity contribution < 1.29 is 28.1 Å². The van der Waals surface area contributed by atoms with Crippen molar-refractivity contribution in [2.24, 2.45) is 0 Å². The average Bonchev–Trinajstić information content (AvgIpc) is 2.20. The van der Waals surface area contributed by atoms with Crippen molar-refractivity contribution in [1.29, 1.82) is 0 Å². The fraction of sp³-hybridized carbons (Fsp3) is 1.00. The number of halogens is 5. The Balaban J connectivity index is 3.99. The molecular formula is C9H15F5O2Sn. The van der Waals surface area contributed by atoms with Gasteiger partial charge in [0.1, 0.15) is 0 Å². The van der Waals surface area contributed by atoms with Crippen LogP contribution < -0.4 is 0 Å². The topological polar surface area (TPSA) is 26.3 Å². The van der Waals surface area contributed by atoms with Gasteiger partial charge in [0.15, 0.2) is 0 Å². The van der Waals surface area contributed by atoms with Crippen molar-refractivity contribution in [2.45, 2.75) is 49.1 Å². The van der Waals surface area contributed by atoms with Crippen molar-refractivity contribution in [1.82, 2.24) is 0 Å². The molecule has 0 bridgehead atoms. The zero-order valence-corrected chi connectivity index (χ0v) is 12.3. The fourth-order valence-corrected chi connectivity index (χ4v) is 3.51. The van der Waals surface area contributed by atoms with E-state index in [-0.39, 0.29) is 6.61 Å². The van der Waals surface area contributed by atoms with Crippen molar-refractivity contribution in [3.8, 4) is 0 Å². The van der Waals surface area contributed by atoms with E-state index >= 15 is 0 Å². The summed E-state index contributed by atoms with van der Waals surface area (Å²) in [5.41, 5.74) is 0. The molecule has 0 aliphatic rings. The van der Waals surface area contributed by atoms with Crippen LogP contribution in [0.1, 0.15) is 39.0 Å². The summed E-state index contributed by atoms with van der Waals surface area (Å²) in [6, 6.07) is 0. The molecule has 8 heteroatoms. The Bertz CT molecular complexity index is 242. The molecule has 0 spiro atoms.